The molecule has 0 saturated carbocycles. The number of hydrogen-bond acceptors (Lipinski definition) is 3. The number of ether oxygens (including phenoxy) is 1. The van der Waals surface area contributed by atoms with Crippen molar-refractivity contribution in [1.29, 1.82) is 0 Å². The molecule has 0 fully saturated rings. The van der Waals surface area contributed by atoms with Crippen molar-refractivity contribution in [3.63, 3.8) is 0 Å². The van der Waals surface area contributed by atoms with E-state index in [1.165, 1.54) is 25.3 Å². The largest absolute Gasteiger partial charge is 0.494 e. The Balaban J connectivity index is 2.88. The first kappa shape index (κ1) is 12.2. The summed E-state index contributed by atoms with van der Waals surface area (Å²) in [5.41, 5.74) is 6.13. The van der Waals surface area contributed by atoms with Crippen LogP contribution in [0.25, 0.3) is 0 Å². The Hall–Kier alpha value is -1.88. The minimum Gasteiger partial charge on any atom is -0.494 e. The Morgan fingerprint density at radius 2 is 2.31 bits per heavy atom. The quantitative estimate of drug-likeness (QED) is 0.761. The molecule has 0 amide bonds. The lowest BCUT2D eigenvalue weighted by atomic mass is 10.1. The molecule has 16 heavy (non-hydrogen) atoms. The smallest absolute Gasteiger partial charge is 0.328 e. The number of hydrogen-bond donors (Lipinski definition) is 2. The monoisotopic (exact) mass is 225 g/mol. The van der Waals surface area contributed by atoms with E-state index in [0.29, 0.717) is 5.56 Å². The average Bonchev–Trinajstić information content (AvgIpc) is 2.25. The van der Waals surface area contributed by atoms with E-state index in [9.17, 15) is 9.18 Å². The second-order valence-corrected chi connectivity index (χ2v) is 3.12. The van der Waals surface area contributed by atoms with E-state index in [4.69, 9.17) is 15.6 Å². The predicted molar refractivity (Wildman–Crippen MR) is 56.7 cm³/mol. The van der Waals surface area contributed by atoms with Gasteiger partial charge in [0.05, 0.1) is 7.11 Å². The van der Waals surface area contributed by atoms with Crippen LogP contribution in [0.2, 0.25) is 0 Å². The summed E-state index contributed by atoms with van der Waals surface area (Å²) >= 11 is 0. The number of nitrogens with two attached hydrogens (primary N) is 1. The first-order valence-corrected chi connectivity index (χ1v) is 4.54. The van der Waals surface area contributed by atoms with Crippen LogP contribution in [0.4, 0.5) is 4.39 Å². The summed E-state index contributed by atoms with van der Waals surface area (Å²) in [6, 6.07) is 3.59. The van der Waals surface area contributed by atoms with Gasteiger partial charge in [0.1, 0.15) is 0 Å². The first-order valence-electron chi connectivity index (χ1n) is 4.54. The summed E-state index contributed by atoms with van der Waals surface area (Å²) < 4.78 is 18.0. The summed E-state index contributed by atoms with van der Waals surface area (Å²) in [4.78, 5) is 10.3. The molecule has 1 rings (SSSR count). The molecule has 1 atom stereocenters. The Morgan fingerprint density at radius 3 is 2.81 bits per heavy atom. The third kappa shape index (κ3) is 3.06. The molecular weight excluding hydrogens is 213 g/mol. The minimum atomic E-state index is -1.09. The Bertz CT molecular complexity index is 418. The summed E-state index contributed by atoms with van der Waals surface area (Å²) in [5, 5.41) is 8.41. The van der Waals surface area contributed by atoms with Gasteiger partial charge in [-0.05, 0) is 17.7 Å². The third-order valence-electron chi connectivity index (χ3n) is 2.01. The number of aliphatic carboxylic acids is 1. The zero-order valence-corrected chi connectivity index (χ0v) is 8.68. The van der Waals surface area contributed by atoms with Gasteiger partial charge in [-0.15, -0.1) is 0 Å². The number of carboxylic acids is 1. The Morgan fingerprint density at radius 1 is 1.62 bits per heavy atom. The van der Waals surface area contributed by atoms with Gasteiger partial charge in [0.2, 0.25) is 0 Å². The molecule has 1 aromatic rings. The molecule has 3 N–H and O–H groups in total. The lowest BCUT2D eigenvalue weighted by molar-refractivity contribution is -0.131. The molecule has 0 aromatic heterocycles. The fourth-order valence-corrected chi connectivity index (χ4v) is 1.19. The maximum Gasteiger partial charge on any atom is 0.328 e. The first-order chi connectivity index (χ1) is 7.54. The highest BCUT2D eigenvalue weighted by molar-refractivity contribution is 5.79. The molecule has 1 unspecified atom stereocenters. The van der Waals surface area contributed by atoms with Crippen molar-refractivity contribution in [2.75, 3.05) is 7.11 Å². The van der Waals surface area contributed by atoms with Crippen LogP contribution < -0.4 is 10.5 Å². The van der Waals surface area contributed by atoms with Crippen LogP contribution in [0.3, 0.4) is 0 Å². The van der Waals surface area contributed by atoms with Gasteiger partial charge in [-0.2, -0.15) is 0 Å². The number of rotatable bonds is 4. The van der Waals surface area contributed by atoms with Gasteiger partial charge in [0.25, 0.3) is 0 Å². The van der Waals surface area contributed by atoms with Crippen LogP contribution in [0, 0.1) is 5.82 Å². The predicted octanol–water partition coefficient (Wildman–Crippen LogP) is 1.47. The van der Waals surface area contributed by atoms with Crippen molar-refractivity contribution in [2.45, 2.75) is 6.04 Å². The molecule has 0 spiro atoms. The molecule has 0 radical (unpaired) electrons. The van der Waals surface area contributed by atoms with Crippen LogP contribution in [-0.2, 0) is 4.79 Å². The molecule has 0 aliphatic rings. The van der Waals surface area contributed by atoms with Crippen LogP contribution in [0.5, 0.6) is 5.75 Å². The summed E-state index contributed by atoms with van der Waals surface area (Å²) in [5.74, 6) is -1.50. The molecule has 1 aromatic carbocycles. The van der Waals surface area contributed by atoms with Gasteiger partial charge in [-0.3, -0.25) is 0 Å². The van der Waals surface area contributed by atoms with Gasteiger partial charge < -0.3 is 15.6 Å². The molecule has 5 heteroatoms. The van der Waals surface area contributed by atoms with E-state index in [1.54, 1.807) is 6.07 Å². The lowest BCUT2D eigenvalue weighted by Crippen LogP contribution is -2.08. The van der Waals surface area contributed by atoms with Gasteiger partial charge in [0.15, 0.2) is 11.6 Å². The van der Waals surface area contributed by atoms with Crippen LogP contribution >= 0.6 is 0 Å². The minimum absolute atomic E-state index is 0.123. The van der Waals surface area contributed by atoms with Gasteiger partial charge in [-0.25, -0.2) is 9.18 Å². The van der Waals surface area contributed by atoms with Crippen LogP contribution in [0.1, 0.15) is 11.6 Å². The molecule has 0 heterocycles. The number of benzene rings is 1. The summed E-state index contributed by atoms with van der Waals surface area (Å²) in [6.07, 6.45) is 2.20. The molecule has 4 nitrogen and oxygen atoms in total. The fraction of sp³-hybridized carbons (Fsp3) is 0.182. The number of carbonyl (C=O) groups is 1. The highest BCUT2D eigenvalue weighted by Crippen LogP contribution is 2.21. The standard InChI is InChI=1S/C11H12FNO3/c1-16-10-4-2-7(6-8(10)12)9(13)3-5-11(14)15/h2-6,9H,13H2,1H3,(H,14,15)/b5-3+. The fourth-order valence-electron chi connectivity index (χ4n) is 1.19. The summed E-state index contributed by atoms with van der Waals surface area (Å²) in [7, 11) is 1.36. The van der Waals surface area contributed by atoms with E-state index >= 15 is 0 Å². The van der Waals surface area contributed by atoms with Crippen LogP contribution in [0.15, 0.2) is 30.4 Å². The molecule has 0 saturated heterocycles. The Kier molecular flexibility index (Phi) is 4.02. The highest BCUT2D eigenvalue weighted by atomic mass is 19.1. The van der Waals surface area contributed by atoms with Crippen molar-refractivity contribution in [1.82, 2.24) is 0 Å². The average molecular weight is 225 g/mol. The SMILES string of the molecule is COc1ccc(C(N)/C=C/C(=O)O)cc1F. The lowest BCUT2D eigenvalue weighted by Gasteiger charge is -2.08. The maximum absolute atomic E-state index is 13.3. The van der Waals surface area contributed by atoms with Crippen molar-refractivity contribution >= 4 is 5.97 Å². The van der Waals surface area contributed by atoms with Gasteiger partial charge in [-0.1, -0.05) is 12.1 Å². The van der Waals surface area contributed by atoms with Crippen molar-refractivity contribution in [3.8, 4) is 5.75 Å². The molecule has 0 aliphatic heterocycles. The van der Waals surface area contributed by atoms with Crippen molar-refractivity contribution in [2.24, 2.45) is 5.73 Å². The van der Waals surface area contributed by atoms with Gasteiger partial charge in [0, 0.05) is 12.1 Å². The number of methoxy groups -OCH3 is 1. The molecule has 0 aliphatic carbocycles. The molecule has 0 bridgehead atoms. The topological polar surface area (TPSA) is 72.5 Å². The van der Waals surface area contributed by atoms with Gasteiger partial charge >= 0.3 is 5.97 Å². The van der Waals surface area contributed by atoms with E-state index in [2.05, 4.69) is 0 Å². The van der Waals surface area contributed by atoms with E-state index < -0.39 is 17.8 Å². The third-order valence-corrected chi connectivity index (χ3v) is 2.01. The molecular formula is C11H12FNO3. The number of carboxylic acid groups (broad SMARTS) is 1. The van der Waals surface area contributed by atoms with E-state index in [0.717, 1.165) is 6.08 Å². The number of halogens is 1. The zero-order valence-electron chi connectivity index (χ0n) is 8.68. The van der Waals surface area contributed by atoms with E-state index in [-0.39, 0.29) is 5.75 Å². The van der Waals surface area contributed by atoms with Crippen LogP contribution in [-0.4, -0.2) is 18.2 Å². The highest BCUT2D eigenvalue weighted by Gasteiger charge is 2.07. The zero-order chi connectivity index (χ0) is 12.1. The summed E-state index contributed by atoms with van der Waals surface area (Å²) in [6.45, 7) is 0. The normalized spacial score (nSPS) is 12.7. The Labute approximate surface area is 92.1 Å². The second-order valence-electron chi connectivity index (χ2n) is 3.12. The van der Waals surface area contributed by atoms with E-state index in [1.807, 2.05) is 0 Å². The second kappa shape index (κ2) is 5.27. The molecule has 86 valence electrons. The van der Waals surface area contributed by atoms with Crippen molar-refractivity contribution in [3.05, 3.63) is 41.7 Å². The van der Waals surface area contributed by atoms with Crippen molar-refractivity contribution < 1.29 is 19.0 Å². The maximum atomic E-state index is 13.3.